The van der Waals surface area contributed by atoms with E-state index in [-0.39, 0.29) is 5.92 Å². The molecule has 1 unspecified atom stereocenters. The average Bonchev–Trinajstić information content (AvgIpc) is 3.03. The number of hydrogen-bond donors (Lipinski definition) is 0. The van der Waals surface area contributed by atoms with Crippen molar-refractivity contribution in [2.45, 2.75) is 17.2 Å². The molecule has 0 aliphatic carbocycles. The second kappa shape index (κ2) is 6.74. The van der Waals surface area contributed by atoms with Crippen molar-refractivity contribution < 1.29 is 8.42 Å². The molecule has 0 spiro atoms. The third kappa shape index (κ3) is 2.97. The maximum Gasteiger partial charge on any atom is 0.267 e. The van der Waals surface area contributed by atoms with Crippen LogP contribution in [0.5, 0.6) is 0 Å². The molecular weight excluding hydrogens is 344 g/mol. The molecule has 134 valence electrons. The SMILES string of the molecule is CN1CCc2ccn(S(=O)(=O)c3ccccc3)c2C(c2ccccc2)C1. The van der Waals surface area contributed by atoms with Gasteiger partial charge in [0.25, 0.3) is 10.0 Å². The summed E-state index contributed by atoms with van der Waals surface area (Å²) in [4.78, 5) is 2.60. The van der Waals surface area contributed by atoms with Gasteiger partial charge in [0, 0.05) is 30.9 Å². The zero-order chi connectivity index (χ0) is 18.1. The van der Waals surface area contributed by atoms with Gasteiger partial charge in [0.05, 0.1) is 4.90 Å². The molecule has 1 aliphatic rings. The Morgan fingerprint density at radius 1 is 0.923 bits per heavy atom. The Bertz CT molecular complexity index is 995. The molecule has 2 aromatic carbocycles. The van der Waals surface area contributed by atoms with E-state index in [9.17, 15) is 8.42 Å². The Labute approximate surface area is 154 Å². The molecule has 26 heavy (non-hydrogen) atoms. The van der Waals surface area contributed by atoms with Crippen molar-refractivity contribution in [3.63, 3.8) is 0 Å². The summed E-state index contributed by atoms with van der Waals surface area (Å²) < 4.78 is 28.1. The highest BCUT2D eigenvalue weighted by Crippen LogP contribution is 2.33. The Hall–Kier alpha value is -2.37. The second-order valence-electron chi connectivity index (χ2n) is 6.82. The molecule has 0 saturated heterocycles. The van der Waals surface area contributed by atoms with Crippen molar-refractivity contribution in [3.8, 4) is 0 Å². The van der Waals surface area contributed by atoms with Crippen LogP contribution in [0.1, 0.15) is 22.7 Å². The Balaban J connectivity index is 1.90. The summed E-state index contributed by atoms with van der Waals surface area (Å²) in [6, 6.07) is 20.8. The standard InChI is InChI=1S/C21H22N2O2S/c1-22-14-12-18-13-15-23(26(24,25)19-10-6-3-7-11-19)21(18)20(16-22)17-8-4-2-5-9-17/h2-11,13,15,20H,12,14,16H2,1H3. The molecule has 0 N–H and O–H groups in total. The third-order valence-corrected chi connectivity index (χ3v) is 6.77. The lowest BCUT2D eigenvalue weighted by Gasteiger charge is -2.23. The molecule has 0 amide bonds. The first-order valence-corrected chi connectivity index (χ1v) is 10.3. The van der Waals surface area contributed by atoms with Crippen molar-refractivity contribution in [2.75, 3.05) is 20.1 Å². The van der Waals surface area contributed by atoms with Crippen molar-refractivity contribution in [1.82, 2.24) is 8.87 Å². The van der Waals surface area contributed by atoms with Crippen molar-refractivity contribution in [2.24, 2.45) is 0 Å². The van der Waals surface area contributed by atoms with Crippen LogP contribution in [0.25, 0.3) is 0 Å². The van der Waals surface area contributed by atoms with E-state index >= 15 is 0 Å². The predicted octanol–water partition coefficient (Wildman–Crippen LogP) is 3.34. The normalized spacial score (nSPS) is 18.3. The first kappa shape index (κ1) is 17.1. The van der Waals surface area contributed by atoms with Gasteiger partial charge in [0.15, 0.2) is 0 Å². The predicted molar refractivity (Wildman–Crippen MR) is 103 cm³/mol. The number of likely N-dealkylation sites (N-methyl/N-ethyl adjacent to an activating group) is 1. The van der Waals surface area contributed by atoms with Gasteiger partial charge < -0.3 is 4.90 Å². The minimum atomic E-state index is -3.61. The molecule has 0 bridgehead atoms. The van der Waals surface area contributed by atoms with Crippen molar-refractivity contribution >= 4 is 10.0 Å². The van der Waals surface area contributed by atoms with E-state index < -0.39 is 10.0 Å². The summed E-state index contributed by atoms with van der Waals surface area (Å²) in [6.45, 7) is 1.72. The van der Waals surface area contributed by atoms with Crippen molar-refractivity contribution in [3.05, 3.63) is 89.7 Å². The fourth-order valence-corrected chi connectivity index (χ4v) is 5.17. The zero-order valence-electron chi connectivity index (χ0n) is 14.7. The van der Waals surface area contributed by atoms with Gasteiger partial charge in [-0.1, -0.05) is 48.5 Å². The summed E-state index contributed by atoms with van der Waals surface area (Å²) in [6.07, 6.45) is 2.57. The molecule has 4 rings (SSSR count). The number of rotatable bonds is 3. The topological polar surface area (TPSA) is 42.3 Å². The lowest BCUT2D eigenvalue weighted by molar-refractivity contribution is 0.336. The van der Waals surface area contributed by atoms with Gasteiger partial charge in [-0.15, -0.1) is 0 Å². The molecule has 0 saturated carbocycles. The zero-order valence-corrected chi connectivity index (χ0v) is 15.6. The highest BCUT2D eigenvalue weighted by atomic mass is 32.2. The van der Waals surface area contributed by atoms with Gasteiger partial charge in [-0.25, -0.2) is 12.4 Å². The largest absolute Gasteiger partial charge is 0.305 e. The third-order valence-electron chi connectivity index (χ3n) is 5.07. The highest BCUT2D eigenvalue weighted by Gasteiger charge is 2.30. The fraction of sp³-hybridized carbons (Fsp3) is 0.238. The van der Waals surface area contributed by atoms with Gasteiger partial charge in [-0.3, -0.25) is 0 Å². The van der Waals surface area contributed by atoms with E-state index in [1.807, 2.05) is 30.3 Å². The molecule has 3 aromatic rings. The number of aromatic nitrogens is 1. The van der Waals surface area contributed by atoms with Gasteiger partial charge in [-0.05, 0) is 42.8 Å². The van der Waals surface area contributed by atoms with Crippen LogP contribution in [0.15, 0.2) is 77.8 Å². The van der Waals surface area contributed by atoms with Gasteiger partial charge >= 0.3 is 0 Å². The van der Waals surface area contributed by atoms with Crippen LogP contribution in [-0.4, -0.2) is 37.4 Å². The molecule has 5 heteroatoms. The van der Waals surface area contributed by atoms with Gasteiger partial charge in [0.2, 0.25) is 0 Å². The quantitative estimate of drug-likeness (QED) is 0.714. The lowest BCUT2D eigenvalue weighted by atomic mass is 9.93. The number of nitrogens with zero attached hydrogens (tertiary/aromatic N) is 2. The molecule has 4 nitrogen and oxygen atoms in total. The first-order chi connectivity index (χ1) is 12.6. The summed E-state index contributed by atoms with van der Waals surface area (Å²) in [7, 11) is -1.52. The van der Waals surface area contributed by atoms with E-state index in [0.717, 1.165) is 36.3 Å². The second-order valence-corrected chi connectivity index (χ2v) is 8.63. The molecule has 0 radical (unpaired) electrons. The summed E-state index contributed by atoms with van der Waals surface area (Å²) in [5.74, 6) is 0.0205. The Kier molecular flexibility index (Phi) is 4.42. The van der Waals surface area contributed by atoms with E-state index in [1.54, 1.807) is 30.5 Å². The van der Waals surface area contributed by atoms with Crippen LogP contribution in [0.4, 0.5) is 0 Å². The monoisotopic (exact) mass is 366 g/mol. The van der Waals surface area contributed by atoms with Crippen LogP contribution in [0, 0.1) is 0 Å². The molecule has 0 fully saturated rings. The maximum absolute atomic E-state index is 13.3. The number of hydrogen-bond acceptors (Lipinski definition) is 3. The van der Waals surface area contributed by atoms with E-state index in [4.69, 9.17) is 0 Å². The fourth-order valence-electron chi connectivity index (χ4n) is 3.72. The lowest BCUT2D eigenvalue weighted by Crippen LogP contribution is -2.26. The van der Waals surface area contributed by atoms with Crippen LogP contribution in [-0.2, 0) is 16.4 Å². The van der Waals surface area contributed by atoms with Crippen LogP contribution < -0.4 is 0 Å². The van der Waals surface area contributed by atoms with Gasteiger partial charge in [0.1, 0.15) is 0 Å². The smallest absolute Gasteiger partial charge is 0.267 e. The van der Waals surface area contributed by atoms with E-state index in [0.29, 0.717) is 4.90 Å². The van der Waals surface area contributed by atoms with E-state index in [2.05, 4.69) is 24.1 Å². The number of fused-ring (bicyclic) bond motifs is 1. The average molecular weight is 366 g/mol. The van der Waals surface area contributed by atoms with Crippen LogP contribution in [0.3, 0.4) is 0 Å². The summed E-state index contributed by atoms with van der Waals surface area (Å²) in [5, 5.41) is 0. The summed E-state index contributed by atoms with van der Waals surface area (Å²) in [5.41, 5.74) is 3.15. The van der Waals surface area contributed by atoms with Crippen molar-refractivity contribution in [1.29, 1.82) is 0 Å². The Morgan fingerprint density at radius 2 is 1.58 bits per heavy atom. The summed E-state index contributed by atoms with van der Waals surface area (Å²) >= 11 is 0. The van der Waals surface area contributed by atoms with Crippen LogP contribution in [0.2, 0.25) is 0 Å². The molecule has 1 aliphatic heterocycles. The number of benzene rings is 2. The Morgan fingerprint density at radius 3 is 2.27 bits per heavy atom. The highest BCUT2D eigenvalue weighted by molar-refractivity contribution is 7.90. The van der Waals surface area contributed by atoms with Crippen LogP contribution >= 0.6 is 0 Å². The maximum atomic E-state index is 13.3. The van der Waals surface area contributed by atoms with E-state index in [1.165, 1.54) is 3.97 Å². The molecule has 1 aromatic heterocycles. The van der Waals surface area contributed by atoms with Gasteiger partial charge in [-0.2, -0.15) is 0 Å². The minimum absolute atomic E-state index is 0.0205. The minimum Gasteiger partial charge on any atom is -0.305 e. The molecule has 2 heterocycles. The first-order valence-electron chi connectivity index (χ1n) is 8.81. The molecular formula is C21H22N2O2S. The molecule has 1 atom stereocenters.